The molecule has 0 bridgehead atoms. The minimum atomic E-state index is 0. The highest BCUT2D eigenvalue weighted by atomic mass is 127. The van der Waals surface area contributed by atoms with Crippen LogP contribution in [0.1, 0.15) is 18.9 Å². The summed E-state index contributed by atoms with van der Waals surface area (Å²) in [6, 6.07) is 11.3. The lowest BCUT2D eigenvalue weighted by molar-refractivity contribution is 0.474. The first-order valence-electron chi connectivity index (χ1n) is 9.34. The molecule has 0 aliphatic carbocycles. The van der Waals surface area contributed by atoms with Crippen LogP contribution in [-0.2, 0) is 6.42 Å². The Balaban J connectivity index is 0.00000280. The Morgan fingerprint density at radius 3 is 2.96 bits per heavy atom. The molecule has 8 heteroatoms. The van der Waals surface area contributed by atoms with Crippen molar-refractivity contribution in [3.63, 3.8) is 0 Å². The SMILES string of the molecule is CCNC(=NCCc1cccc(O)c1)NC1CCN(c2ncccc2Cl)C1.I. The molecule has 1 fully saturated rings. The molecule has 0 saturated carbocycles. The van der Waals surface area contributed by atoms with E-state index in [0.717, 1.165) is 49.8 Å². The summed E-state index contributed by atoms with van der Waals surface area (Å²) in [5.74, 6) is 1.95. The van der Waals surface area contributed by atoms with Crippen LogP contribution in [0, 0.1) is 0 Å². The van der Waals surface area contributed by atoms with Crippen LogP contribution in [0.4, 0.5) is 5.82 Å². The van der Waals surface area contributed by atoms with Gasteiger partial charge in [0.25, 0.3) is 0 Å². The van der Waals surface area contributed by atoms with Gasteiger partial charge < -0.3 is 20.6 Å². The minimum Gasteiger partial charge on any atom is -0.508 e. The summed E-state index contributed by atoms with van der Waals surface area (Å²) in [6.45, 7) is 5.27. The monoisotopic (exact) mass is 515 g/mol. The second-order valence-electron chi connectivity index (χ2n) is 6.57. The number of hydrogen-bond donors (Lipinski definition) is 3. The van der Waals surface area contributed by atoms with Crippen LogP contribution in [0.15, 0.2) is 47.6 Å². The molecule has 152 valence electrons. The van der Waals surface area contributed by atoms with Gasteiger partial charge in [-0.3, -0.25) is 4.99 Å². The van der Waals surface area contributed by atoms with Crippen LogP contribution in [-0.4, -0.2) is 48.3 Å². The molecule has 1 saturated heterocycles. The second-order valence-corrected chi connectivity index (χ2v) is 6.97. The number of nitrogens with one attached hydrogen (secondary N) is 2. The summed E-state index contributed by atoms with van der Waals surface area (Å²) < 4.78 is 0. The highest BCUT2D eigenvalue weighted by Gasteiger charge is 2.25. The molecule has 1 aromatic heterocycles. The summed E-state index contributed by atoms with van der Waals surface area (Å²) in [5, 5.41) is 17.1. The summed E-state index contributed by atoms with van der Waals surface area (Å²) >= 11 is 6.27. The third kappa shape index (κ3) is 6.41. The average molecular weight is 516 g/mol. The Bertz CT molecular complexity index is 789. The number of phenolic OH excluding ortho intramolecular Hbond substituents is 1. The van der Waals surface area contributed by atoms with Gasteiger partial charge in [-0.1, -0.05) is 23.7 Å². The number of aromatic hydroxyl groups is 1. The maximum Gasteiger partial charge on any atom is 0.191 e. The van der Waals surface area contributed by atoms with Gasteiger partial charge in [0.05, 0.1) is 5.02 Å². The fourth-order valence-corrected chi connectivity index (χ4v) is 3.44. The van der Waals surface area contributed by atoms with Crippen molar-refractivity contribution < 1.29 is 5.11 Å². The maximum absolute atomic E-state index is 9.55. The van der Waals surface area contributed by atoms with Crippen molar-refractivity contribution in [2.75, 3.05) is 31.1 Å². The Kier molecular flexibility index (Phi) is 9.11. The lowest BCUT2D eigenvalue weighted by atomic mass is 10.1. The summed E-state index contributed by atoms with van der Waals surface area (Å²) in [7, 11) is 0. The predicted octanol–water partition coefficient (Wildman–Crippen LogP) is 3.44. The van der Waals surface area contributed by atoms with E-state index < -0.39 is 0 Å². The summed E-state index contributed by atoms with van der Waals surface area (Å²) in [4.78, 5) is 11.3. The molecule has 2 heterocycles. The van der Waals surface area contributed by atoms with Gasteiger partial charge in [-0.15, -0.1) is 24.0 Å². The van der Waals surface area contributed by atoms with E-state index in [9.17, 15) is 5.11 Å². The van der Waals surface area contributed by atoms with E-state index in [1.165, 1.54) is 0 Å². The van der Waals surface area contributed by atoms with Gasteiger partial charge in [0.1, 0.15) is 11.6 Å². The van der Waals surface area contributed by atoms with Crippen LogP contribution in [0.2, 0.25) is 5.02 Å². The first-order chi connectivity index (χ1) is 13.2. The van der Waals surface area contributed by atoms with E-state index in [-0.39, 0.29) is 24.0 Å². The molecule has 0 amide bonds. The van der Waals surface area contributed by atoms with Crippen LogP contribution in [0.3, 0.4) is 0 Å². The molecule has 1 aliphatic heterocycles. The molecule has 1 aliphatic rings. The van der Waals surface area contributed by atoms with E-state index in [4.69, 9.17) is 11.6 Å². The summed E-state index contributed by atoms with van der Waals surface area (Å²) in [5.41, 5.74) is 1.08. The Labute approximate surface area is 188 Å². The minimum absolute atomic E-state index is 0. The highest BCUT2D eigenvalue weighted by molar-refractivity contribution is 14.0. The molecule has 1 atom stereocenters. The van der Waals surface area contributed by atoms with E-state index in [0.29, 0.717) is 23.4 Å². The van der Waals surface area contributed by atoms with E-state index in [1.807, 2.05) is 24.3 Å². The third-order valence-corrected chi connectivity index (χ3v) is 4.79. The maximum atomic E-state index is 9.55. The van der Waals surface area contributed by atoms with Crippen molar-refractivity contribution in [2.45, 2.75) is 25.8 Å². The molecule has 6 nitrogen and oxygen atoms in total. The number of rotatable bonds is 6. The number of phenols is 1. The number of aromatic nitrogens is 1. The van der Waals surface area contributed by atoms with Gasteiger partial charge in [-0.25, -0.2) is 4.98 Å². The fourth-order valence-electron chi connectivity index (χ4n) is 3.20. The van der Waals surface area contributed by atoms with Gasteiger partial charge in [-0.2, -0.15) is 0 Å². The zero-order valence-corrected chi connectivity index (χ0v) is 19.0. The second kappa shape index (κ2) is 11.3. The van der Waals surface area contributed by atoms with Gasteiger partial charge in [-0.05, 0) is 49.6 Å². The molecule has 2 aromatic rings. The van der Waals surface area contributed by atoms with Crippen molar-refractivity contribution in [1.29, 1.82) is 0 Å². The number of nitrogens with zero attached hydrogens (tertiary/aromatic N) is 3. The molecular weight excluding hydrogens is 489 g/mol. The number of halogens is 2. The number of benzene rings is 1. The molecule has 0 spiro atoms. The lowest BCUT2D eigenvalue weighted by Crippen LogP contribution is -2.44. The molecule has 0 radical (unpaired) electrons. The van der Waals surface area contributed by atoms with Crippen LogP contribution >= 0.6 is 35.6 Å². The molecule has 1 aromatic carbocycles. The quantitative estimate of drug-likeness (QED) is 0.312. The number of aliphatic imine (C=N–C) groups is 1. The molecule has 1 unspecified atom stereocenters. The van der Waals surface area contributed by atoms with Crippen LogP contribution < -0.4 is 15.5 Å². The molecule has 3 N–H and O–H groups in total. The van der Waals surface area contributed by atoms with Gasteiger partial charge >= 0.3 is 0 Å². The van der Waals surface area contributed by atoms with Gasteiger partial charge in [0, 0.05) is 38.4 Å². The molecular formula is C20H27ClIN5O. The van der Waals surface area contributed by atoms with Crippen LogP contribution in [0.5, 0.6) is 5.75 Å². The highest BCUT2D eigenvalue weighted by Crippen LogP contribution is 2.25. The number of guanidine groups is 1. The van der Waals surface area contributed by atoms with Gasteiger partial charge in [0.15, 0.2) is 5.96 Å². The number of hydrogen-bond acceptors (Lipinski definition) is 4. The first kappa shape index (κ1) is 22.5. The average Bonchev–Trinajstić information content (AvgIpc) is 3.10. The van der Waals surface area contributed by atoms with Crippen molar-refractivity contribution in [3.05, 3.63) is 53.2 Å². The normalized spacial score (nSPS) is 16.6. The Hall–Kier alpha value is -1.74. The van der Waals surface area contributed by atoms with E-state index in [2.05, 4.69) is 32.4 Å². The fraction of sp³-hybridized carbons (Fsp3) is 0.400. The zero-order valence-electron chi connectivity index (χ0n) is 15.9. The van der Waals surface area contributed by atoms with E-state index in [1.54, 1.807) is 18.3 Å². The largest absolute Gasteiger partial charge is 0.508 e. The first-order valence-corrected chi connectivity index (χ1v) is 9.71. The predicted molar refractivity (Wildman–Crippen MR) is 126 cm³/mol. The van der Waals surface area contributed by atoms with Crippen molar-refractivity contribution in [1.82, 2.24) is 15.6 Å². The van der Waals surface area contributed by atoms with Crippen LogP contribution in [0.25, 0.3) is 0 Å². The summed E-state index contributed by atoms with van der Waals surface area (Å²) in [6.07, 6.45) is 3.56. The van der Waals surface area contributed by atoms with Crippen molar-refractivity contribution >= 4 is 47.4 Å². The van der Waals surface area contributed by atoms with Crippen molar-refractivity contribution in [2.24, 2.45) is 4.99 Å². The van der Waals surface area contributed by atoms with Crippen molar-refractivity contribution in [3.8, 4) is 5.75 Å². The topological polar surface area (TPSA) is 72.8 Å². The number of pyridine rings is 1. The lowest BCUT2D eigenvalue weighted by Gasteiger charge is -2.20. The van der Waals surface area contributed by atoms with E-state index >= 15 is 0 Å². The smallest absolute Gasteiger partial charge is 0.191 e. The number of anilines is 1. The van der Waals surface area contributed by atoms with Gasteiger partial charge in [0.2, 0.25) is 0 Å². The standard InChI is InChI=1S/C20H26ClN5O.HI/c1-2-22-20(24-11-8-15-5-3-6-17(27)13-15)25-16-9-12-26(14-16)19-18(21)7-4-10-23-19;/h3-7,10,13,16,27H,2,8-9,11-12,14H2,1H3,(H2,22,24,25);1H. The Morgan fingerprint density at radius 2 is 2.21 bits per heavy atom. The molecule has 3 rings (SSSR count). The zero-order chi connectivity index (χ0) is 19.1. The third-order valence-electron chi connectivity index (χ3n) is 4.49. The Morgan fingerprint density at radius 1 is 1.36 bits per heavy atom. The molecule has 28 heavy (non-hydrogen) atoms.